The SMILES string of the molecule is COc1cc(OC)c(Oc2c(OC)cc(C)cc2-c2cc(OC)c(OC)cc2OC)cc1OC. The molecule has 0 aliphatic rings. The molecule has 34 heavy (non-hydrogen) atoms. The first kappa shape index (κ1) is 24.7. The number of hydrogen-bond acceptors (Lipinski definition) is 8. The molecule has 3 aromatic carbocycles. The zero-order valence-electron chi connectivity index (χ0n) is 20.7. The van der Waals surface area contributed by atoms with Crippen LogP contribution in [0.2, 0.25) is 0 Å². The highest BCUT2D eigenvalue weighted by atomic mass is 16.5. The van der Waals surface area contributed by atoms with Gasteiger partial charge in [0.1, 0.15) is 5.75 Å². The summed E-state index contributed by atoms with van der Waals surface area (Å²) in [5.41, 5.74) is 2.43. The molecule has 0 bridgehead atoms. The molecule has 0 saturated carbocycles. The average molecular weight is 471 g/mol. The van der Waals surface area contributed by atoms with Crippen molar-refractivity contribution in [1.29, 1.82) is 0 Å². The zero-order chi connectivity index (χ0) is 24.8. The molecule has 8 heteroatoms. The van der Waals surface area contributed by atoms with Gasteiger partial charge < -0.3 is 37.9 Å². The summed E-state index contributed by atoms with van der Waals surface area (Å²) in [6.07, 6.45) is 0. The van der Waals surface area contributed by atoms with Crippen molar-refractivity contribution in [3.05, 3.63) is 42.0 Å². The predicted molar refractivity (Wildman–Crippen MR) is 129 cm³/mol. The number of methoxy groups -OCH3 is 7. The van der Waals surface area contributed by atoms with Crippen molar-refractivity contribution < 1.29 is 37.9 Å². The smallest absolute Gasteiger partial charge is 0.177 e. The largest absolute Gasteiger partial charge is 0.496 e. The van der Waals surface area contributed by atoms with E-state index in [2.05, 4.69) is 0 Å². The lowest BCUT2D eigenvalue weighted by Crippen LogP contribution is -2.00. The number of hydrogen-bond donors (Lipinski definition) is 0. The lowest BCUT2D eigenvalue weighted by atomic mass is 9.99. The maximum Gasteiger partial charge on any atom is 0.177 e. The Morgan fingerprint density at radius 2 is 0.794 bits per heavy atom. The number of ether oxygens (including phenoxy) is 8. The van der Waals surface area contributed by atoms with E-state index in [0.29, 0.717) is 51.7 Å². The minimum atomic E-state index is 0.419. The molecule has 0 heterocycles. The molecule has 0 spiro atoms. The molecule has 0 unspecified atom stereocenters. The molecule has 0 atom stereocenters. The third kappa shape index (κ3) is 4.71. The highest BCUT2D eigenvalue weighted by molar-refractivity contribution is 5.82. The fraction of sp³-hybridized carbons (Fsp3) is 0.308. The molecule has 0 amide bonds. The van der Waals surface area contributed by atoms with Crippen LogP contribution in [0, 0.1) is 6.92 Å². The summed E-state index contributed by atoms with van der Waals surface area (Å²) in [7, 11) is 11.0. The van der Waals surface area contributed by atoms with E-state index in [1.54, 1.807) is 68.0 Å². The van der Waals surface area contributed by atoms with Crippen LogP contribution in [0.1, 0.15) is 5.56 Å². The van der Waals surface area contributed by atoms with E-state index < -0.39 is 0 Å². The molecule has 0 aliphatic heterocycles. The fourth-order valence-corrected chi connectivity index (χ4v) is 3.63. The molecule has 182 valence electrons. The predicted octanol–water partition coefficient (Wildman–Crippen LogP) is 5.51. The standard InChI is InChI=1S/C26H30O8/c1-15-9-17(16-11-19(28-3)20(29-4)12-18(16)27-2)26(25(10-15)33-8)34-24-14-22(31-6)21(30-5)13-23(24)32-7/h9-14H,1-8H3. The second-order valence-corrected chi connectivity index (χ2v) is 7.21. The summed E-state index contributed by atoms with van der Waals surface area (Å²) >= 11 is 0. The van der Waals surface area contributed by atoms with Gasteiger partial charge in [-0.2, -0.15) is 0 Å². The van der Waals surface area contributed by atoms with Gasteiger partial charge in [0.2, 0.25) is 0 Å². The third-order valence-electron chi connectivity index (χ3n) is 5.30. The maximum absolute atomic E-state index is 6.42. The Labute approximate surface area is 199 Å². The summed E-state index contributed by atoms with van der Waals surface area (Å²) in [4.78, 5) is 0. The van der Waals surface area contributed by atoms with Crippen LogP contribution in [-0.4, -0.2) is 49.8 Å². The van der Waals surface area contributed by atoms with E-state index in [1.165, 1.54) is 0 Å². The van der Waals surface area contributed by atoms with E-state index in [-0.39, 0.29) is 0 Å². The molecule has 0 radical (unpaired) electrons. The van der Waals surface area contributed by atoms with E-state index in [1.807, 2.05) is 25.1 Å². The molecule has 3 rings (SSSR count). The van der Waals surface area contributed by atoms with Crippen molar-refractivity contribution in [3.63, 3.8) is 0 Å². The van der Waals surface area contributed by atoms with Crippen molar-refractivity contribution in [3.8, 4) is 62.9 Å². The Balaban J connectivity index is 2.28. The molecule has 3 aromatic rings. The molecule has 8 nitrogen and oxygen atoms in total. The second kappa shape index (κ2) is 10.8. The van der Waals surface area contributed by atoms with Crippen LogP contribution in [0.25, 0.3) is 11.1 Å². The van der Waals surface area contributed by atoms with Crippen LogP contribution in [0.4, 0.5) is 0 Å². The van der Waals surface area contributed by atoms with Gasteiger partial charge in [-0.1, -0.05) is 0 Å². The summed E-state index contributed by atoms with van der Waals surface area (Å²) in [5, 5.41) is 0. The van der Waals surface area contributed by atoms with Crippen LogP contribution in [0.5, 0.6) is 51.7 Å². The number of aryl methyl sites for hydroxylation is 1. The molecule has 0 aromatic heterocycles. The van der Waals surface area contributed by atoms with Crippen LogP contribution in [-0.2, 0) is 0 Å². The van der Waals surface area contributed by atoms with Gasteiger partial charge in [0.25, 0.3) is 0 Å². The Hall–Kier alpha value is -3.94. The zero-order valence-corrected chi connectivity index (χ0v) is 20.7. The summed E-state index contributed by atoms with van der Waals surface area (Å²) < 4.78 is 45.2. The van der Waals surface area contributed by atoms with Gasteiger partial charge in [-0.3, -0.25) is 0 Å². The van der Waals surface area contributed by atoms with Crippen LogP contribution < -0.4 is 37.9 Å². The van der Waals surface area contributed by atoms with E-state index in [9.17, 15) is 0 Å². The quantitative estimate of drug-likeness (QED) is 0.384. The average Bonchev–Trinajstić information content (AvgIpc) is 2.87. The van der Waals surface area contributed by atoms with Crippen molar-refractivity contribution in [2.24, 2.45) is 0 Å². The van der Waals surface area contributed by atoms with Crippen LogP contribution >= 0.6 is 0 Å². The van der Waals surface area contributed by atoms with Gasteiger partial charge in [-0.25, -0.2) is 0 Å². The monoisotopic (exact) mass is 470 g/mol. The van der Waals surface area contributed by atoms with Crippen LogP contribution in [0.15, 0.2) is 36.4 Å². The Kier molecular flexibility index (Phi) is 7.83. The molecular formula is C26H30O8. The summed E-state index contributed by atoms with van der Waals surface area (Å²) in [5.74, 6) is 4.56. The first-order chi connectivity index (χ1) is 16.4. The van der Waals surface area contributed by atoms with Crippen molar-refractivity contribution in [1.82, 2.24) is 0 Å². The Morgan fingerprint density at radius 3 is 1.29 bits per heavy atom. The first-order valence-electron chi connectivity index (χ1n) is 10.4. The van der Waals surface area contributed by atoms with Gasteiger partial charge in [0.05, 0.1) is 49.8 Å². The maximum atomic E-state index is 6.42. The van der Waals surface area contributed by atoms with E-state index in [0.717, 1.165) is 16.7 Å². The van der Waals surface area contributed by atoms with E-state index in [4.69, 9.17) is 37.9 Å². The lowest BCUT2D eigenvalue weighted by Gasteiger charge is -2.21. The Morgan fingerprint density at radius 1 is 0.382 bits per heavy atom. The highest BCUT2D eigenvalue weighted by Crippen LogP contribution is 2.50. The van der Waals surface area contributed by atoms with Gasteiger partial charge in [0.15, 0.2) is 46.0 Å². The molecule has 0 N–H and O–H groups in total. The third-order valence-corrected chi connectivity index (χ3v) is 5.30. The molecular weight excluding hydrogens is 440 g/mol. The lowest BCUT2D eigenvalue weighted by molar-refractivity contribution is 0.333. The highest BCUT2D eigenvalue weighted by Gasteiger charge is 2.23. The second-order valence-electron chi connectivity index (χ2n) is 7.21. The minimum absolute atomic E-state index is 0.419. The molecule has 0 saturated heterocycles. The van der Waals surface area contributed by atoms with Crippen molar-refractivity contribution in [2.45, 2.75) is 6.92 Å². The topological polar surface area (TPSA) is 73.8 Å². The van der Waals surface area contributed by atoms with Crippen molar-refractivity contribution >= 4 is 0 Å². The fourth-order valence-electron chi connectivity index (χ4n) is 3.63. The van der Waals surface area contributed by atoms with Gasteiger partial charge in [-0.05, 0) is 30.7 Å². The summed E-state index contributed by atoms with van der Waals surface area (Å²) in [6, 6.07) is 10.9. The Bertz CT molecular complexity index is 1160. The summed E-state index contributed by atoms with van der Waals surface area (Å²) in [6.45, 7) is 1.97. The molecule has 0 aliphatic carbocycles. The van der Waals surface area contributed by atoms with E-state index >= 15 is 0 Å². The minimum Gasteiger partial charge on any atom is -0.496 e. The number of benzene rings is 3. The van der Waals surface area contributed by atoms with Gasteiger partial charge in [-0.15, -0.1) is 0 Å². The molecule has 0 fully saturated rings. The van der Waals surface area contributed by atoms with Gasteiger partial charge in [0, 0.05) is 29.3 Å². The number of rotatable bonds is 10. The van der Waals surface area contributed by atoms with Crippen molar-refractivity contribution in [2.75, 3.05) is 49.8 Å². The first-order valence-corrected chi connectivity index (χ1v) is 10.4. The normalized spacial score (nSPS) is 10.4. The van der Waals surface area contributed by atoms with Gasteiger partial charge >= 0.3 is 0 Å². The van der Waals surface area contributed by atoms with Crippen LogP contribution in [0.3, 0.4) is 0 Å².